The van der Waals surface area contributed by atoms with Crippen molar-refractivity contribution in [2.24, 2.45) is 5.41 Å². The van der Waals surface area contributed by atoms with Crippen LogP contribution in [-0.4, -0.2) is 27.1 Å². The van der Waals surface area contributed by atoms with Crippen molar-refractivity contribution in [3.8, 4) is 0 Å². The van der Waals surface area contributed by atoms with Gasteiger partial charge in [-0.2, -0.15) is 0 Å². The fraction of sp³-hybridized carbons (Fsp3) is 0.500. The van der Waals surface area contributed by atoms with Crippen LogP contribution in [0.15, 0.2) is 12.4 Å². The van der Waals surface area contributed by atoms with Crippen LogP contribution in [-0.2, 0) is 0 Å². The highest BCUT2D eigenvalue weighted by Crippen LogP contribution is 2.46. The highest BCUT2D eigenvalue weighted by atomic mass is 16.4. The van der Waals surface area contributed by atoms with Crippen LogP contribution in [0.25, 0.3) is 0 Å². The number of aromatic nitrogens is 2. The molecule has 5 heteroatoms. The number of rotatable bonds is 3. The minimum absolute atomic E-state index is 0.0318. The number of hydrogen-bond donors (Lipinski definition) is 2. The molecule has 1 aliphatic rings. The first-order chi connectivity index (χ1) is 6.99. The fourth-order valence-corrected chi connectivity index (χ4v) is 1.41. The van der Waals surface area contributed by atoms with Crippen molar-refractivity contribution in [1.29, 1.82) is 0 Å². The summed E-state index contributed by atoms with van der Waals surface area (Å²) in [4.78, 5) is 18.3. The van der Waals surface area contributed by atoms with Crippen molar-refractivity contribution in [1.82, 2.24) is 9.97 Å². The molecule has 1 unspecified atom stereocenters. The first kappa shape index (κ1) is 9.89. The molecule has 0 amide bonds. The Morgan fingerprint density at radius 3 is 2.60 bits per heavy atom. The van der Waals surface area contributed by atoms with Gasteiger partial charge in [-0.15, -0.1) is 0 Å². The molecule has 0 spiro atoms. The SMILES string of the molecule is CC1(C)CC1Nc1cnc(C(=O)O)cn1. The van der Waals surface area contributed by atoms with E-state index in [1.807, 2.05) is 0 Å². The maximum absolute atomic E-state index is 10.5. The summed E-state index contributed by atoms with van der Waals surface area (Å²) in [5, 5.41) is 11.8. The Hall–Kier alpha value is -1.65. The van der Waals surface area contributed by atoms with Gasteiger partial charge in [0, 0.05) is 6.04 Å². The van der Waals surface area contributed by atoms with Gasteiger partial charge in [0.15, 0.2) is 5.69 Å². The monoisotopic (exact) mass is 207 g/mol. The molecule has 80 valence electrons. The number of nitrogens with zero attached hydrogens (tertiary/aromatic N) is 2. The molecule has 1 saturated carbocycles. The molecule has 0 radical (unpaired) electrons. The van der Waals surface area contributed by atoms with Crippen LogP contribution < -0.4 is 5.32 Å². The van der Waals surface area contributed by atoms with Gasteiger partial charge in [-0.1, -0.05) is 13.8 Å². The standard InChI is InChI=1S/C10H13N3O2/c1-10(2)3-7(10)13-8-5-11-6(4-12-8)9(14)15/h4-5,7H,3H2,1-2H3,(H,12,13)(H,14,15). The molecule has 0 saturated heterocycles. The summed E-state index contributed by atoms with van der Waals surface area (Å²) in [6.45, 7) is 4.34. The molecule has 0 aliphatic heterocycles. The number of anilines is 1. The number of aromatic carboxylic acids is 1. The van der Waals surface area contributed by atoms with Crippen LogP contribution in [0.3, 0.4) is 0 Å². The summed E-state index contributed by atoms with van der Waals surface area (Å²) in [7, 11) is 0. The molecule has 2 N–H and O–H groups in total. The van der Waals surface area contributed by atoms with Crippen molar-refractivity contribution in [3.05, 3.63) is 18.1 Å². The maximum Gasteiger partial charge on any atom is 0.356 e. The zero-order valence-corrected chi connectivity index (χ0v) is 8.69. The second-order valence-corrected chi connectivity index (χ2v) is 4.48. The zero-order valence-electron chi connectivity index (χ0n) is 8.69. The average Bonchev–Trinajstić information content (AvgIpc) is 2.74. The largest absolute Gasteiger partial charge is 0.476 e. The molecule has 5 nitrogen and oxygen atoms in total. The van der Waals surface area contributed by atoms with Crippen LogP contribution in [0.1, 0.15) is 30.8 Å². The van der Waals surface area contributed by atoms with Crippen LogP contribution in [0.5, 0.6) is 0 Å². The number of carbonyl (C=O) groups is 1. The van der Waals surface area contributed by atoms with E-state index in [0.717, 1.165) is 6.42 Å². The summed E-state index contributed by atoms with van der Waals surface area (Å²) < 4.78 is 0. The van der Waals surface area contributed by atoms with Crippen molar-refractivity contribution in [2.75, 3.05) is 5.32 Å². The quantitative estimate of drug-likeness (QED) is 0.783. The lowest BCUT2D eigenvalue weighted by atomic mass is 10.2. The summed E-state index contributed by atoms with van der Waals surface area (Å²) in [6.07, 6.45) is 3.83. The molecular formula is C10H13N3O2. The van der Waals surface area contributed by atoms with E-state index >= 15 is 0 Å². The average molecular weight is 207 g/mol. The predicted molar refractivity (Wildman–Crippen MR) is 54.8 cm³/mol. The summed E-state index contributed by atoms with van der Waals surface area (Å²) in [6, 6.07) is 0.419. The lowest BCUT2D eigenvalue weighted by Crippen LogP contribution is -2.11. The molecule has 1 heterocycles. The summed E-state index contributed by atoms with van der Waals surface area (Å²) >= 11 is 0. The van der Waals surface area contributed by atoms with Gasteiger partial charge in [0.1, 0.15) is 5.82 Å². The van der Waals surface area contributed by atoms with Gasteiger partial charge >= 0.3 is 5.97 Å². The van der Waals surface area contributed by atoms with E-state index in [1.54, 1.807) is 0 Å². The highest BCUT2D eigenvalue weighted by Gasteiger charge is 2.45. The Morgan fingerprint density at radius 1 is 1.53 bits per heavy atom. The molecule has 1 aromatic heterocycles. The number of hydrogen-bond acceptors (Lipinski definition) is 4. The van der Waals surface area contributed by atoms with E-state index in [2.05, 4.69) is 29.1 Å². The van der Waals surface area contributed by atoms with Gasteiger partial charge in [0.05, 0.1) is 12.4 Å². The molecule has 1 atom stereocenters. The van der Waals surface area contributed by atoms with E-state index in [9.17, 15) is 4.79 Å². The van der Waals surface area contributed by atoms with Gasteiger partial charge in [0.2, 0.25) is 0 Å². The maximum atomic E-state index is 10.5. The van der Waals surface area contributed by atoms with Crippen LogP contribution >= 0.6 is 0 Å². The molecule has 0 bridgehead atoms. The minimum atomic E-state index is -1.05. The molecule has 1 aromatic rings. The third-order valence-corrected chi connectivity index (χ3v) is 2.71. The van der Waals surface area contributed by atoms with E-state index in [-0.39, 0.29) is 5.69 Å². The molecule has 1 aliphatic carbocycles. The molecule has 15 heavy (non-hydrogen) atoms. The zero-order chi connectivity index (χ0) is 11.1. The molecule has 1 fully saturated rings. The highest BCUT2D eigenvalue weighted by molar-refractivity contribution is 5.84. The summed E-state index contributed by atoms with van der Waals surface area (Å²) in [5.74, 6) is -0.420. The lowest BCUT2D eigenvalue weighted by molar-refractivity contribution is 0.0690. The van der Waals surface area contributed by atoms with Gasteiger partial charge in [-0.25, -0.2) is 14.8 Å². The Bertz CT molecular complexity index is 386. The smallest absolute Gasteiger partial charge is 0.356 e. The molecular weight excluding hydrogens is 194 g/mol. The van der Waals surface area contributed by atoms with Gasteiger partial charge < -0.3 is 10.4 Å². The Kier molecular flexibility index (Phi) is 2.10. The van der Waals surface area contributed by atoms with E-state index < -0.39 is 5.97 Å². The molecule has 2 rings (SSSR count). The third-order valence-electron chi connectivity index (χ3n) is 2.71. The second-order valence-electron chi connectivity index (χ2n) is 4.48. The van der Waals surface area contributed by atoms with Gasteiger partial charge in [-0.05, 0) is 11.8 Å². The van der Waals surface area contributed by atoms with Crippen molar-refractivity contribution < 1.29 is 9.90 Å². The fourth-order valence-electron chi connectivity index (χ4n) is 1.41. The van der Waals surface area contributed by atoms with E-state index in [4.69, 9.17) is 5.11 Å². The first-order valence-corrected chi connectivity index (χ1v) is 4.81. The van der Waals surface area contributed by atoms with Crippen molar-refractivity contribution >= 4 is 11.8 Å². The van der Waals surface area contributed by atoms with Crippen LogP contribution in [0.4, 0.5) is 5.82 Å². The second kappa shape index (κ2) is 3.18. The first-order valence-electron chi connectivity index (χ1n) is 4.81. The number of carboxylic acids is 1. The number of carboxylic acid groups (broad SMARTS) is 1. The van der Waals surface area contributed by atoms with E-state index in [1.165, 1.54) is 12.4 Å². The van der Waals surface area contributed by atoms with Gasteiger partial charge in [-0.3, -0.25) is 0 Å². The topological polar surface area (TPSA) is 75.1 Å². The molecule has 0 aromatic carbocycles. The van der Waals surface area contributed by atoms with E-state index in [0.29, 0.717) is 17.3 Å². The van der Waals surface area contributed by atoms with Crippen LogP contribution in [0.2, 0.25) is 0 Å². The summed E-state index contributed by atoms with van der Waals surface area (Å²) in [5.41, 5.74) is 0.281. The number of nitrogens with one attached hydrogen (secondary N) is 1. The third kappa shape index (κ3) is 2.06. The normalized spacial score (nSPS) is 22.1. The van der Waals surface area contributed by atoms with Crippen molar-refractivity contribution in [3.63, 3.8) is 0 Å². The predicted octanol–water partition coefficient (Wildman–Crippen LogP) is 1.39. The van der Waals surface area contributed by atoms with Crippen molar-refractivity contribution in [2.45, 2.75) is 26.3 Å². The Labute approximate surface area is 87.6 Å². The Morgan fingerprint density at radius 2 is 2.20 bits per heavy atom. The van der Waals surface area contributed by atoms with Crippen LogP contribution in [0, 0.1) is 5.41 Å². The Balaban J connectivity index is 2.02. The van der Waals surface area contributed by atoms with Gasteiger partial charge in [0.25, 0.3) is 0 Å². The lowest BCUT2D eigenvalue weighted by Gasteiger charge is -2.06. The minimum Gasteiger partial charge on any atom is -0.476 e.